The van der Waals surface area contributed by atoms with Crippen molar-refractivity contribution in [3.63, 3.8) is 0 Å². The van der Waals surface area contributed by atoms with Crippen molar-refractivity contribution >= 4 is 23.2 Å². The minimum absolute atomic E-state index is 0.146. The van der Waals surface area contributed by atoms with Crippen LogP contribution < -0.4 is 5.32 Å². The molecule has 1 atom stereocenters. The van der Waals surface area contributed by atoms with Crippen molar-refractivity contribution in [3.8, 4) is 10.6 Å². The van der Waals surface area contributed by atoms with Crippen molar-refractivity contribution in [1.82, 2.24) is 10.3 Å². The van der Waals surface area contributed by atoms with Gasteiger partial charge in [0.25, 0.3) is 0 Å². The first kappa shape index (κ1) is 17.9. The molecule has 1 aromatic carbocycles. The molecule has 128 valence electrons. The molecule has 1 heterocycles. The summed E-state index contributed by atoms with van der Waals surface area (Å²) < 4.78 is 38.2. The second-order valence-electron chi connectivity index (χ2n) is 5.03. The number of rotatable bonds is 5. The number of carboxylic acids is 1. The van der Waals surface area contributed by atoms with Gasteiger partial charge in [0.1, 0.15) is 11.0 Å². The van der Waals surface area contributed by atoms with E-state index in [4.69, 9.17) is 5.11 Å². The Hall–Kier alpha value is -2.42. The summed E-state index contributed by atoms with van der Waals surface area (Å²) >= 11 is 1.11. The van der Waals surface area contributed by atoms with Gasteiger partial charge in [-0.1, -0.05) is 12.1 Å². The van der Waals surface area contributed by atoms with Crippen LogP contribution in [0.1, 0.15) is 18.2 Å². The molecule has 1 amide bonds. The Labute approximate surface area is 139 Å². The van der Waals surface area contributed by atoms with Crippen LogP contribution in [0.5, 0.6) is 0 Å². The van der Waals surface area contributed by atoms with Gasteiger partial charge in [0.05, 0.1) is 17.7 Å². The number of nitrogens with one attached hydrogen (secondary N) is 1. The fourth-order valence-electron chi connectivity index (χ4n) is 1.87. The molecule has 0 aliphatic carbocycles. The Morgan fingerprint density at radius 2 is 2.08 bits per heavy atom. The van der Waals surface area contributed by atoms with E-state index in [0.29, 0.717) is 16.3 Å². The third kappa shape index (κ3) is 4.54. The fraction of sp³-hybridized carbons (Fsp3) is 0.267. The second kappa shape index (κ2) is 7.00. The topological polar surface area (TPSA) is 79.3 Å². The molecule has 0 radical (unpaired) electrons. The zero-order valence-electron chi connectivity index (χ0n) is 12.4. The summed E-state index contributed by atoms with van der Waals surface area (Å²) in [5.41, 5.74) is -0.104. The highest BCUT2D eigenvalue weighted by molar-refractivity contribution is 7.13. The quantitative estimate of drug-likeness (QED) is 0.861. The van der Waals surface area contributed by atoms with E-state index >= 15 is 0 Å². The van der Waals surface area contributed by atoms with Crippen LogP contribution in [0.3, 0.4) is 0 Å². The zero-order valence-corrected chi connectivity index (χ0v) is 13.2. The average Bonchev–Trinajstić information content (AvgIpc) is 2.94. The number of amides is 1. The first-order valence-electron chi connectivity index (χ1n) is 6.81. The van der Waals surface area contributed by atoms with E-state index in [1.165, 1.54) is 19.1 Å². The SMILES string of the molecule is CC(NC(=O)Cc1csc(-c2cccc(C(F)(F)F)c2)n1)C(=O)O. The third-order valence-electron chi connectivity index (χ3n) is 3.08. The van der Waals surface area contributed by atoms with Gasteiger partial charge in [-0.15, -0.1) is 11.3 Å². The van der Waals surface area contributed by atoms with E-state index in [1.54, 1.807) is 5.38 Å². The zero-order chi connectivity index (χ0) is 17.9. The summed E-state index contributed by atoms with van der Waals surface area (Å²) in [6.07, 6.45) is -4.59. The Morgan fingerprint density at radius 3 is 2.71 bits per heavy atom. The molecule has 0 spiro atoms. The fourth-order valence-corrected chi connectivity index (χ4v) is 2.68. The van der Waals surface area contributed by atoms with Gasteiger partial charge in [0, 0.05) is 10.9 Å². The lowest BCUT2D eigenvalue weighted by molar-refractivity contribution is -0.141. The van der Waals surface area contributed by atoms with Crippen LogP contribution in [0.4, 0.5) is 13.2 Å². The van der Waals surface area contributed by atoms with Crippen molar-refractivity contribution in [1.29, 1.82) is 0 Å². The number of halogens is 3. The molecule has 2 rings (SSSR count). The maximum Gasteiger partial charge on any atom is 0.416 e. The number of aliphatic carboxylic acids is 1. The molecule has 0 saturated carbocycles. The van der Waals surface area contributed by atoms with Crippen LogP contribution in [0.25, 0.3) is 10.6 Å². The van der Waals surface area contributed by atoms with E-state index in [0.717, 1.165) is 23.5 Å². The lowest BCUT2D eigenvalue weighted by Crippen LogP contribution is -2.39. The van der Waals surface area contributed by atoms with Crippen LogP contribution in [0.2, 0.25) is 0 Å². The van der Waals surface area contributed by atoms with Gasteiger partial charge in [-0.05, 0) is 19.1 Å². The number of nitrogens with zero attached hydrogens (tertiary/aromatic N) is 1. The molecule has 1 aromatic heterocycles. The highest BCUT2D eigenvalue weighted by atomic mass is 32.1. The molecule has 0 fully saturated rings. The molecule has 2 N–H and O–H groups in total. The monoisotopic (exact) mass is 358 g/mol. The largest absolute Gasteiger partial charge is 0.480 e. The van der Waals surface area contributed by atoms with Gasteiger partial charge in [0.2, 0.25) is 5.91 Å². The normalized spacial score (nSPS) is 12.7. The first-order chi connectivity index (χ1) is 11.2. The molecule has 0 aliphatic heterocycles. The smallest absolute Gasteiger partial charge is 0.416 e. The molecule has 0 aliphatic rings. The molecule has 9 heteroatoms. The molecular formula is C15H13F3N2O3S. The lowest BCUT2D eigenvalue weighted by atomic mass is 10.1. The summed E-state index contributed by atoms with van der Waals surface area (Å²) in [4.78, 5) is 26.5. The number of hydrogen-bond acceptors (Lipinski definition) is 4. The van der Waals surface area contributed by atoms with Gasteiger partial charge >= 0.3 is 12.1 Å². The van der Waals surface area contributed by atoms with Crippen LogP contribution in [0, 0.1) is 0 Å². The highest BCUT2D eigenvalue weighted by Gasteiger charge is 2.30. The predicted molar refractivity (Wildman–Crippen MR) is 81.5 cm³/mol. The number of aromatic nitrogens is 1. The standard InChI is InChI=1S/C15H13F3N2O3S/c1-8(14(22)23)19-12(21)6-11-7-24-13(20-11)9-3-2-4-10(5-9)15(16,17)18/h2-5,7-8H,6H2,1H3,(H,19,21)(H,22,23). The van der Waals surface area contributed by atoms with E-state index in [-0.39, 0.29) is 6.42 Å². The molecular weight excluding hydrogens is 345 g/mol. The third-order valence-corrected chi connectivity index (χ3v) is 4.02. The van der Waals surface area contributed by atoms with Crippen molar-refractivity contribution in [2.45, 2.75) is 25.6 Å². The second-order valence-corrected chi connectivity index (χ2v) is 5.88. The van der Waals surface area contributed by atoms with Crippen molar-refractivity contribution in [2.24, 2.45) is 0 Å². The Morgan fingerprint density at radius 1 is 1.38 bits per heavy atom. The van der Waals surface area contributed by atoms with E-state index < -0.39 is 29.7 Å². The van der Waals surface area contributed by atoms with Gasteiger partial charge in [0.15, 0.2) is 0 Å². The van der Waals surface area contributed by atoms with Gasteiger partial charge in [-0.2, -0.15) is 13.2 Å². The Balaban J connectivity index is 2.11. The Kier molecular flexibility index (Phi) is 5.23. The number of carboxylic acid groups (broad SMARTS) is 1. The van der Waals surface area contributed by atoms with Gasteiger partial charge < -0.3 is 10.4 Å². The molecule has 0 bridgehead atoms. The van der Waals surface area contributed by atoms with Gasteiger partial charge in [-0.3, -0.25) is 9.59 Å². The average molecular weight is 358 g/mol. The van der Waals surface area contributed by atoms with Crippen LogP contribution in [-0.4, -0.2) is 28.0 Å². The van der Waals surface area contributed by atoms with E-state index in [9.17, 15) is 22.8 Å². The molecule has 1 unspecified atom stereocenters. The maximum atomic E-state index is 12.7. The molecule has 5 nitrogen and oxygen atoms in total. The number of carbonyl (C=O) groups is 2. The van der Waals surface area contributed by atoms with E-state index in [2.05, 4.69) is 10.3 Å². The minimum atomic E-state index is -4.44. The van der Waals surface area contributed by atoms with Crippen molar-refractivity contribution < 1.29 is 27.9 Å². The summed E-state index contributed by atoms with van der Waals surface area (Å²) in [7, 11) is 0. The van der Waals surface area contributed by atoms with Gasteiger partial charge in [-0.25, -0.2) is 4.98 Å². The minimum Gasteiger partial charge on any atom is -0.480 e. The number of benzene rings is 1. The number of alkyl halides is 3. The number of thiazole rings is 1. The van der Waals surface area contributed by atoms with E-state index in [1.807, 2.05) is 0 Å². The molecule has 24 heavy (non-hydrogen) atoms. The lowest BCUT2D eigenvalue weighted by Gasteiger charge is -2.08. The van der Waals surface area contributed by atoms with Crippen LogP contribution in [-0.2, 0) is 22.2 Å². The van der Waals surface area contributed by atoms with Crippen LogP contribution in [0.15, 0.2) is 29.6 Å². The number of hydrogen-bond donors (Lipinski definition) is 2. The summed E-state index contributed by atoms with van der Waals surface area (Å²) in [5.74, 6) is -1.68. The first-order valence-corrected chi connectivity index (χ1v) is 7.69. The van der Waals surface area contributed by atoms with Crippen molar-refractivity contribution in [3.05, 3.63) is 40.9 Å². The number of carbonyl (C=O) groups excluding carboxylic acids is 1. The Bertz CT molecular complexity index is 758. The summed E-state index contributed by atoms with van der Waals surface area (Å²) in [6.45, 7) is 1.33. The highest BCUT2D eigenvalue weighted by Crippen LogP contribution is 2.33. The summed E-state index contributed by atoms with van der Waals surface area (Å²) in [5, 5.41) is 12.9. The van der Waals surface area contributed by atoms with Crippen molar-refractivity contribution in [2.75, 3.05) is 0 Å². The predicted octanol–water partition coefficient (Wildman–Crippen LogP) is 2.96. The molecule has 2 aromatic rings. The maximum absolute atomic E-state index is 12.7. The van der Waals surface area contributed by atoms with Crippen LogP contribution >= 0.6 is 11.3 Å². The molecule has 0 saturated heterocycles. The summed E-state index contributed by atoms with van der Waals surface area (Å²) in [6, 6.07) is 3.73.